The van der Waals surface area contributed by atoms with Crippen LogP contribution in [0.3, 0.4) is 0 Å². The lowest BCUT2D eigenvalue weighted by atomic mass is 10.1. The average Bonchev–Trinajstić information content (AvgIpc) is 2.03. The van der Waals surface area contributed by atoms with Gasteiger partial charge in [0, 0.05) is 19.7 Å². The highest BCUT2D eigenvalue weighted by molar-refractivity contribution is 5.94. The Morgan fingerprint density at radius 2 is 2.00 bits per heavy atom. The summed E-state index contributed by atoms with van der Waals surface area (Å²) in [6, 6.07) is 5.02. The number of benzene rings is 1. The molecule has 0 aliphatic rings. The summed E-state index contributed by atoms with van der Waals surface area (Å²) in [7, 11) is 3.77. The number of primary amides is 1. The minimum absolute atomic E-state index is 0.433. The Bertz CT molecular complexity index is 334. The molecule has 1 amide bonds. The molecule has 0 radical (unpaired) electrons. The average molecular weight is 179 g/mol. The van der Waals surface area contributed by atoms with E-state index >= 15 is 0 Å². The first-order chi connectivity index (χ1) is 6.02. The number of rotatable bonds is 2. The summed E-state index contributed by atoms with van der Waals surface area (Å²) in [4.78, 5) is 12.7. The maximum Gasteiger partial charge on any atom is 0.248 e. The van der Waals surface area contributed by atoms with Gasteiger partial charge in [0.15, 0.2) is 0 Å². The second-order valence-corrected chi connectivity index (χ2v) is 3.03. The van der Waals surface area contributed by atoms with Gasteiger partial charge in [-0.2, -0.15) is 0 Å². The molecule has 1 aromatic rings. The molecule has 0 heterocycles. The zero-order chi connectivity index (χ0) is 10.0. The zero-order valence-corrected chi connectivity index (χ0v) is 7.74. The number of hydrogen-bond donors (Lipinski definition) is 2. The number of amides is 1. The van der Waals surface area contributed by atoms with Crippen molar-refractivity contribution in [3.63, 3.8) is 0 Å². The highest BCUT2D eigenvalue weighted by Crippen LogP contribution is 2.21. The molecule has 4 heteroatoms. The summed E-state index contributed by atoms with van der Waals surface area (Å²) in [5.74, 6) is -0.461. The third kappa shape index (κ3) is 1.90. The van der Waals surface area contributed by atoms with Crippen molar-refractivity contribution in [3.8, 4) is 0 Å². The third-order valence-corrected chi connectivity index (χ3v) is 1.79. The molecule has 1 rings (SSSR count). The fraction of sp³-hybridized carbons (Fsp3) is 0.222. The van der Waals surface area contributed by atoms with E-state index in [-0.39, 0.29) is 0 Å². The Balaban J connectivity index is 3.13. The summed E-state index contributed by atoms with van der Waals surface area (Å²) in [6.07, 6.45) is 0. The quantitative estimate of drug-likeness (QED) is 0.647. The van der Waals surface area contributed by atoms with Gasteiger partial charge >= 0.3 is 0 Å². The molecule has 0 spiro atoms. The molecule has 4 nitrogen and oxygen atoms in total. The van der Waals surface area contributed by atoms with Crippen molar-refractivity contribution in [3.05, 3.63) is 23.8 Å². The lowest BCUT2D eigenvalue weighted by Crippen LogP contribution is -2.14. The Hall–Kier alpha value is -1.71. The summed E-state index contributed by atoms with van der Waals surface area (Å²) in [5, 5.41) is 0. The van der Waals surface area contributed by atoms with Crippen LogP contribution in [0.4, 0.5) is 11.4 Å². The van der Waals surface area contributed by atoms with E-state index in [1.54, 1.807) is 18.2 Å². The van der Waals surface area contributed by atoms with Crippen molar-refractivity contribution in [2.45, 2.75) is 0 Å². The number of nitrogens with zero attached hydrogens (tertiary/aromatic N) is 1. The van der Waals surface area contributed by atoms with Crippen LogP contribution in [0.25, 0.3) is 0 Å². The molecule has 0 fully saturated rings. The lowest BCUT2D eigenvalue weighted by molar-refractivity contribution is 0.100. The van der Waals surface area contributed by atoms with Gasteiger partial charge in [-0.1, -0.05) is 0 Å². The lowest BCUT2D eigenvalue weighted by Gasteiger charge is -2.15. The normalized spacial score (nSPS) is 9.69. The van der Waals surface area contributed by atoms with Crippen LogP contribution < -0.4 is 16.4 Å². The van der Waals surface area contributed by atoms with Crippen molar-refractivity contribution in [2.24, 2.45) is 5.73 Å². The smallest absolute Gasteiger partial charge is 0.248 e. The number of carbonyl (C=O) groups is 1. The molecule has 0 atom stereocenters. The Kier molecular flexibility index (Phi) is 2.41. The molecule has 1 aromatic carbocycles. The van der Waals surface area contributed by atoms with Gasteiger partial charge in [0.1, 0.15) is 0 Å². The van der Waals surface area contributed by atoms with E-state index in [0.29, 0.717) is 11.3 Å². The number of anilines is 2. The van der Waals surface area contributed by atoms with Gasteiger partial charge in [-0.15, -0.1) is 0 Å². The van der Waals surface area contributed by atoms with Crippen molar-refractivity contribution in [2.75, 3.05) is 24.7 Å². The van der Waals surface area contributed by atoms with Crippen LogP contribution >= 0.6 is 0 Å². The molecule has 0 saturated carbocycles. The van der Waals surface area contributed by atoms with Gasteiger partial charge in [-0.3, -0.25) is 4.79 Å². The van der Waals surface area contributed by atoms with Crippen LogP contribution in [-0.4, -0.2) is 20.0 Å². The molecule has 0 aliphatic heterocycles. The van der Waals surface area contributed by atoms with E-state index in [2.05, 4.69) is 0 Å². The van der Waals surface area contributed by atoms with Crippen molar-refractivity contribution in [1.82, 2.24) is 0 Å². The first-order valence-electron chi connectivity index (χ1n) is 3.89. The van der Waals surface area contributed by atoms with Gasteiger partial charge in [-0.25, -0.2) is 0 Å². The van der Waals surface area contributed by atoms with Crippen LogP contribution in [-0.2, 0) is 0 Å². The fourth-order valence-electron chi connectivity index (χ4n) is 1.12. The summed E-state index contributed by atoms with van der Waals surface area (Å²) >= 11 is 0. The van der Waals surface area contributed by atoms with E-state index in [0.717, 1.165) is 5.69 Å². The SMILES string of the molecule is CN(C)c1ccc(C(N)=O)cc1N. The Morgan fingerprint density at radius 3 is 2.38 bits per heavy atom. The number of nitrogen functional groups attached to an aromatic ring is 1. The van der Waals surface area contributed by atoms with E-state index in [1.807, 2.05) is 19.0 Å². The second kappa shape index (κ2) is 3.35. The fourth-order valence-corrected chi connectivity index (χ4v) is 1.12. The van der Waals surface area contributed by atoms with Gasteiger partial charge in [-0.05, 0) is 18.2 Å². The van der Waals surface area contributed by atoms with Crippen molar-refractivity contribution < 1.29 is 4.79 Å². The number of hydrogen-bond acceptors (Lipinski definition) is 3. The van der Waals surface area contributed by atoms with Crippen molar-refractivity contribution in [1.29, 1.82) is 0 Å². The van der Waals surface area contributed by atoms with Gasteiger partial charge < -0.3 is 16.4 Å². The molecular formula is C9H13N3O. The zero-order valence-electron chi connectivity index (χ0n) is 7.74. The van der Waals surface area contributed by atoms with E-state index in [1.165, 1.54) is 0 Å². The van der Waals surface area contributed by atoms with Crippen LogP contribution in [0.1, 0.15) is 10.4 Å². The minimum atomic E-state index is -0.461. The molecule has 0 saturated heterocycles. The number of carbonyl (C=O) groups excluding carboxylic acids is 1. The van der Waals surface area contributed by atoms with Crippen LogP contribution in [0.5, 0.6) is 0 Å². The molecule has 13 heavy (non-hydrogen) atoms. The Labute approximate surface area is 77.1 Å². The maximum atomic E-state index is 10.8. The minimum Gasteiger partial charge on any atom is -0.397 e. The molecule has 70 valence electrons. The first-order valence-corrected chi connectivity index (χ1v) is 3.89. The van der Waals surface area contributed by atoms with Gasteiger partial charge in [0.25, 0.3) is 0 Å². The third-order valence-electron chi connectivity index (χ3n) is 1.79. The molecule has 4 N–H and O–H groups in total. The highest BCUT2D eigenvalue weighted by atomic mass is 16.1. The summed E-state index contributed by atoms with van der Waals surface area (Å²) in [6.45, 7) is 0. The topological polar surface area (TPSA) is 72.3 Å². The molecule has 0 bridgehead atoms. The predicted molar refractivity (Wildman–Crippen MR) is 53.7 cm³/mol. The maximum absolute atomic E-state index is 10.8. The van der Waals surface area contributed by atoms with E-state index in [9.17, 15) is 4.79 Å². The van der Waals surface area contributed by atoms with Crippen LogP contribution in [0.15, 0.2) is 18.2 Å². The summed E-state index contributed by atoms with van der Waals surface area (Å²) < 4.78 is 0. The monoisotopic (exact) mass is 179 g/mol. The predicted octanol–water partition coefficient (Wildman–Crippen LogP) is 0.434. The van der Waals surface area contributed by atoms with Crippen LogP contribution in [0.2, 0.25) is 0 Å². The van der Waals surface area contributed by atoms with Crippen LogP contribution in [0, 0.1) is 0 Å². The summed E-state index contributed by atoms with van der Waals surface area (Å²) in [5.41, 5.74) is 12.7. The standard InChI is InChI=1S/C9H13N3O/c1-12(2)8-4-3-6(9(11)13)5-7(8)10/h3-5H,10H2,1-2H3,(H2,11,13). The highest BCUT2D eigenvalue weighted by Gasteiger charge is 2.05. The molecule has 0 unspecified atom stereocenters. The van der Waals surface area contributed by atoms with E-state index in [4.69, 9.17) is 11.5 Å². The molecule has 0 aliphatic carbocycles. The van der Waals surface area contributed by atoms with E-state index < -0.39 is 5.91 Å². The largest absolute Gasteiger partial charge is 0.397 e. The van der Waals surface area contributed by atoms with Crippen molar-refractivity contribution >= 4 is 17.3 Å². The first kappa shape index (κ1) is 9.38. The second-order valence-electron chi connectivity index (χ2n) is 3.03. The Morgan fingerprint density at radius 1 is 1.38 bits per heavy atom. The van der Waals surface area contributed by atoms with Gasteiger partial charge in [0.2, 0.25) is 5.91 Å². The number of nitrogens with two attached hydrogens (primary N) is 2. The van der Waals surface area contributed by atoms with Gasteiger partial charge in [0.05, 0.1) is 11.4 Å². The molecular weight excluding hydrogens is 166 g/mol. The molecule has 0 aromatic heterocycles.